The third-order valence-corrected chi connectivity index (χ3v) is 7.36. The quantitative estimate of drug-likeness (QED) is 0.192. The summed E-state index contributed by atoms with van der Waals surface area (Å²) in [6.45, 7) is 1.84. The number of nitrogens with zero attached hydrogens (tertiary/aromatic N) is 5. The van der Waals surface area contributed by atoms with Gasteiger partial charge in [0.15, 0.2) is 0 Å². The zero-order valence-corrected chi connectivity index (χ0v) is 19.6. The number of benzene rings is 2. The Morgan fingerprint density at radius 2 is 1.68 bits per heavy atom. The molecule has 0 spiro atoms. The van der Waals surface area contributed by atoms with Crippen LogP contribution in [-0.2, 0) is 5.75 Å². The zero-order chi connectivity index (χ0) is 22.9. The number of thioether (sulfide) groups is 1. The summed E-state index contributed by atoms with van der Waals surface area (Å²) in [7, 11) is 0. The van der Waals surface area contributed by atoms with Crippen LogP contribution >= 0.6 is 23.1 Å². The van der Waals surface area contributed by atoms with Crippen molar-refractivity contribution in [2.24, 2.45) is 0 Å². The minimum absolute atomic E-state index is 0.392. The van der Waals surface area contributed by atoms with Crippen molar-refractivity contribution in [2.75, 3.05) is 0 Å². The molecule has 4 heterocycles. The smallest absolute Gasteiger partial charge is 0.253 e. The number of thiophene rings is 1. The normalized spacial score (nSPS) is 11.3. The topological polar surface area (TPSA) is 90.7 Å². The van der Waals surface area contributed by atoms with Crippen LogP contribution in [-0.4, -0.2) is 25.3 Å². The summed E-state index contributed by atoms with van der Waals surface area (Å²) < 4.78 is 11.4. The second-order valence-corrected chi connectivity index (χ2v) is 9.49. The predicted octanol–water partition coefficient (Wildman–Crippen LogP) is 6.66. The molecule has 9 heteroatoms. The van der Waals surface area contributed by atoms with E-state index in [4.69, 9.17) is 8.94 Å². The van der Waals surface area contributed by atoms with Crippen molar-refractivity contribution >= 4 is 33.3 Å². The second kappa shape index (κ2) is 8.85. The van der Waals surface area contributed by atoms with Gasteiger partial charge in [0.05, 0.1) is 5.75 Å². The lowest BCUT2D eigenvalue weighted by Crippen LogP contribution is -1.85. The van der Waals surface area contributed by atoms with Crippen molar-refractivity contribution in [3.63, 3.8) is 0 Å². The maximum Gasteiger partial charge on any atom is 0.253 e. The molecule has 0 unspecified atom stereocenters. The first-order valence-electron chi connectivity index (χ1n) is 10.5. The van der Waals surface area contributed by atoms with Gasteiger partial charge in [0, 0.05) is 15.8 Å². The van der Waals surface area contributed by atoms with Crippen LogP contribution in [0.4, 0.5) is 0 Å². The highest BCUT2D eigenvalue weighted by Gasteiger charge is 2.22. The lowest BCUT2D eigenvalue weighted by Gasteiger charge is -1.99. The van der Waals surface area contributed by atoms with Crippen LogP contribution in [0.1, 0.15) is 11.7 Å². The average Bonchev–Trinajstić information content (AvgIpc) is 3.62. The van der Waals surface area contributed by atoms with E-state index in [0.29, 0.717) is 34.6 Å². The lowest BCUT2D eigenvalue weighted by molar-refractivity contribution is 0.399. The molecule has 34 heavy (non-hydrogen) atoms. The van der Waals surface area contributed by atoms with Crippen LogP contribution in [0.2, 0.25) is 0 Å². The Labute approximate surface area is 202 Å². The highest BCUT2D eigenvalue weighted by atomic mass is 32.2. The fourth-order valence-corrected chi connectivity index (χ4v) is 5.53. The first-order valence-corrected chi connectivity index (χ1v) is 12.3. The van der Waals surface area contributed by atoms with Gasteiger partial charge in [-0.25, -0.2) is 9.97 Å². The minimum Gasteiger partial charge on any atom is -0.420 e. The molecule has 6 rings (SSSR count). The molecule has 0 amide bonds. The van der Waals surface area contributed by atoms with Crippen molar-refractivity contribution in [1.82, 2.24) is 25.3 Å². The molecule has 166 valence electrons. The third kappa shape index (κ3) is 3.89. The molecule has 0 radical (unpaired) electrons. The van der Waals surface area contributed by atoms with Crippen LogP contribution < -0.4 is 0 Å². The van der Waals surface area contributed by atoms with E-state index in [9.17, 15) is 0 Å². The molecule has 0 atom stereocenters. The Morgan fingerprint density at radius 3 is 2.47 bits per heavy atom. The van der Waals surface area contributed by atoms with Crippen molar-refractivity contribution < 1.29 is 8.94 Å². The maximum absolute atomic E-state index is 6.00. The van der Waals surface area contributed by atoms with Gasteiger partial charge in [-0.2, -0.15) is 0 Å². The zero-order valence-electron chi connectivity index (χ0n) is 18.0. The Kier molecular flexibility index (Phi) is 5.40. The van der Waals surface area contributed by atoms with E-state index >= 15 is 0 Å². The second-order valence-electron chi connectivity index (χ2n) is 7.49. The number of hydrogen-bond acceptors (Lipinski definition) is 9. The standard InChI is InChI=1S/C25H17N5O2S2/c1-15-21(22(30-32-15)17-10-6-3-7-11-17)23-29-28-20(31-23)13-33-24-18-12-19(16-8-4-2-5-9-16)34-25(18)27-14-26-24/h2-12,14H,13H2,1H3. The summed E-state index contributed by atoms with van der Waals surface area (Å²) in [6.07, 6.45) is 1.60. The molecule has 0 aliphatic rings. The summed E-state index contributed by atoms with van der Waals surface area (Å²) in [5.41, 5.74) is 3.50. The molecule has 0 saturated carbocycles. The Bertz CT molecular complexity index is 1580. The maximum atomic E-state index is 6.00. The fourth-order valence-electron chi connectivity index (χ4n) is 3.65. The van der Waals surface area contributed by atoms with Crippen molar-refractivity contribution in [3.8, 4) is 33.2 Å². The molecule has 0 aliphatic carbocycles. The van der Waals surface area contributed by atoms with Crippen LogP contribution in [0.5, 0.6) is 0 Å². The molecule has 7 nitrogen and oxygen atoms in total. The van der Waals surface area contributed by atoms with Gasteiger partial charge in [0.2, 0.25) is 5.89 Å². The van der Waals surface area contributed by atoms with Gasteiger partial charge in [-0.15, -0.1) is 21.5 Å². The van der Waals surface area contributed by atoms with E-state index in [1.54, 1.807) is 29.4 Å². The van der Waals surface area contributed by atoms with Gasteiger partial charge < -0.3 is 8.94 Å². The molecular formula is C25H17N5O2S2. The highest BCUT2D eigenvalue weighted by molar-refractivity contribution is 7.98. The molecule has 0 fully saturated rings. The van der Waals surface area contributed by atoms with Crippen LogP contribution in [0.3, 0.4) is 0 Å². The van der Waals surface area contributed by atoms with Gasteiger partial charge in [-0.3, -0.25) is 0 Å². The Morgan fingerprint density at radius 1 is 0.912 bits per heavy atom. The lowest BCUT2D eigenvalue weighted by atomic mass is 10.1. The van der Waals surface area contributed by atoms with Gasteiger partial charge >= 0.3 is 0 Å². The highest BCUT2D eigenvalue weighted by Crippen LogP contribution is 2.38. The Hall–Kier alpha value is -3.82. The monoisotopic (exact) mass is 483 g/mol. The fraction of sp³-hybridized carbons (Fsp3) is 0.0800. The van der Waals surface area contributed by atoms with Gasteiger partial charge in [-0.1, -0.05) is 77.6 Å². The molecule has 0 saturated heterocycles. The first-order chi connectivity index (χ1) is 16.8. The minimum atomic E-state index is 0.392. The first kappa shape index (κ1) is 20.8. The van der Waals surface area contributed by atoms with E-state index in [1.165, 1.54) is 5.56 Å². The van der Waals surface area contributed by atoms with E-state index in [1.807, 2.05) is 55.5 Å². The number of rotatable bonds is 6. The van der Waals surface area contributed by atoms with E-state index in [0.717, 1.165) is 25.7 Å². The molecule has 2 aromatic carbocycles. The van der Waals surface area contributed by atoms with Gasteiger partial charge in [0.1, 0.15) is 33.2 Å². The third-order valence-electron chi connectivity index (χ3n) is 5.27. The SMILES string of the molecule is Cc1onc(-c2ccccc2)c1-c1nnc(CSc2ncnc3sc(-c4ccccc4)cc23)o1. The molecular weight excluding hydrogens is 466 g/mol. The van der Waals surface area contributed by atoms with E-state index < -0.39 is 0 Å². The number of hydrogen-bond donors (Lipinski definition) is 0. The van der Waals surface area contributed by atoms with Gasteiger partial charge in [0.25, 0.3) is 5.89 Å². The molecule has 0 N–H and O–H groups in total. The number of fused-ring (bicyclic) bond motifs is 1. The number of aryl methyl sites for hydroxylation is 1. The van der Waals surface area contributed by atoms with Crippen LogP contribution in [0.15, 0.2) is 87.0 Å². The largest absolute Gasteiger partial charge is 0.420 e. The summed E-state index contributed by atoms with van der Waals surface area (Å²) in [5.74, 6) is 2.01. The molecule has 6 aromatic rings. The number of aromatic nitrogens is 5. The molecule has 0 bridgehead atoms. The Balaban J connectivity index is 1.26. The van der Waals surface area contributed by atoms with Crippen LogP contribution in [0.25, 0.3) is 43.4 Å². The van der Waals surface area contributed by atoms with Crippen molar-refractivity contribution in [1.29, 1.82) is 0 Å². The van der Waals surface area contributed by atoms with Gasteiger partial charge in [-0.05, 0) is 18.6 Å². The summed E-state index contributed by atoms with van der Waals surface area (Å²) in [5, 5.41) is 14.6. The van der Waals surface area contributed by atoms with Crippen molar-refractivity contribution in [2.45, 2.75) is 17.7 Å². The van der Waals surface area contributed by atoms with E-state index in [-0.39, 0.29) is 0 Å². The summed E-state index contributed by atoms with van der Waals surface area (Å²) in [4.78, 5) is 11.1. The van der Waals surface area contributed by atoms with Crippen LogP contribution in [0, 0.1) is 6.92 Å². The predicted molar refractivity (Wildman–Crippen MR) is 132 cm³/mol. The molecule has 0 aliphatic heterocycles. The average molecular weight is 484 g/mol. The summed E-state index contributed by atoms with van der Waals surface area (Å²) >= 11 is 3.20. The summed E-state index contributed by atoms with van der Waals surface area (Å²) in [6, 6.07) is 22.2. The van der Waals surface area contributed by atoms with Crippen molar-refractivity contribution in [3.05, 3.63) is 84.7 Å². The molecule has 4 aromatic heterocycles. The van der Waals surface area contributed by atoms with E-state index in [2.05, 4.69) is 43.5 Å².